The van der Waals surface area contributed by atoms with Crippen LogP contribution in [0.5, 0.6) is 0 Å². The molecule has 4 rings (SSSR count). The van der Waals surface area contributed by atoms with Crippen LogP contribution in [0.15, 0.2) is 12.3 Å². The minimum Gasteiger partial charge on any atom is -0.380 e. The van der Waals surface area contributed by atoms with Gasteiger partial charge in [0, 0.05) is 31.3 Å². The Hall–Kier alpha value is -2.46. The van der Waals surface area contributed by atoms with Gasteiger partial charge in [0.15, 0.2) is 0 Å². The molecule has 3 heterocycles. The van der Waals surface area contributed by atoms with Crippen molar-refractivity contribution in [1.82, 2.24) is 19.9 Å². The Labute approximate surface area is 190 Å². The first-order valence-electron chi connectivity index (χ1n) is 10.9. The van der Waals surface area contributed by atoms with Gasteiger partial charge in [0.1, 0.15) is 16.3 Å². The molecular formula is C22H28F2N6OS. The summed E-state index contributed by atoms with van der Waals surface area (Å²) in [5, 5.41) is 7.41. The zero-order valence-electron chi connectivity index (χ0n) is 18.5. The lowest BCUT2D eigenvalue weighted by Crippen LogP contribution is -2.20. The number of anilines is 2. The predicted molar refractivity (Wildman–Crippen MR) is 124 cm³/mol. The van der Waals surface area contributed by atoms with Crippen molar-refractivity contribution in [3.63, 3.8) is 0 Å². The van der Waals surface area contributed by atoms with Gasteiger partial charge in [0.05, 0.1) is 28.3 Å². The van der Waals surface area contributed by atoms with E-state index < -0.39 is 12.3 Å². The topological polar surface area (TPSA) is 84.8 Å². The summed E-state index contributed by atoms with van der Waals surface area (Å²) in [6, 6.07) is 1.89. The fourth-order valence-electron chi connectivity index (χ4n) is 4.05. The standard InChI is InChI=1S/C22H28F2N6OS/c1-4-31-10-9-26-22-27-12(2)17(21-29-18-13(3)25-8-7-16(18)32-21)20(30-22)28-15-6-5-14(11-15)19(23)24/h7-8,14-15,19H,4-6,9-11H2,1-3H3,(H2,26,27,28,30). The molecular weight excluding hydrogens is 434 g/mol. The van der Waals surface area contributed by atoms with Crippen molar-refractivity contribution in [3.8, 4) is 10.6 Å². The summed E-state index contributed by atoms with van der Waals surface area (Å²) in [5.41, 5.74) is 3.30. The van der Waals surface area contributed by atoms with Crippen LogP contribution in [0.3, 0.4) is 0 Å². The van der Waals surface area contributed by atoms with Gasteiger partial charge in [-0.15, -0.1) is 11.3 Å². The van der Waals surface area contributed by atoms with Crippen molar-refractivity contribution < 1.29 is 13.5 Å². The van der Waals surface area contributed by atoms with Crippen LogP contribution in [-0.2, 0) is 4.74 Å². The van der Waals surface area contributed by atoms with Gasteiger partial charge in [0.2, 0.25) is 12.4 Å². The zero-order chi connectivity index (χ0) is 22.7. The van der Waals surface area contributed by atoms with Crippen molar-refractivity contribution in [2.45, 2.75) is 52.5 Å². The Morgan fingerprint density at radius 1 is 1.19 bits per heavy atom. The van der Waals surface area contributed by atoms with Crippen LogP contribution in [0.25, 0.3) is 20.8 Å². The maximum atomic E-state index is 13.2. The predicted octanol–water partition coefficient (Wildman–Crippen LogP) is 5.06. The Balaban J connectivity index is 1.68. The highest BCUT2D eigenvalue weighted by molar-refractivity contribution is 7.21. The van der Waals surface area contributed by atoms with E-state index in [1.54, 1.807) is 17.5 Å². The van der Waals surface area contributed by atoms with Crippen LogP contribution in [0.1, 0.15) is 37.6 Å². The number of pyridine rings is 1. The third-order valence-electron chi connectivity index (χ3n) is 5.70. The Bertz CT molecular complexity index is 1080. The molecule has 0 aliphatic heterocycles. The Morgan fingerprint density at radius 2 is 2.03 bits per heavy atom. The maximum Gasteiger partial charge on any atom is 0.241 e. The summed E-state index contributed by atoms with van der Waals surface area (Å²) < 4.78 is 32.8. The van der Waals surface area contributed by atoms with Crippen LogP contribution >= 0.6 is 11.3 Å². The molecule has 172 valence electrons. The van der Waals surface area contributed by atoms with E-state index in [1.165, 1.54) is 0 Å². The van der Waals surface area contributed by atoms with E-state index >= 15 is 0 Å². The lowest BCUT2D eigenvalue weighted by molar-refractivity contribution is 0.0803. The van der Waals surface area contributed by atoms with Gasteiger partial charge in [0.25, 0.3) is 0 Å². The van der Waals surface area contributed by atoms with Gasteiger partial charge < -0.3 is 15.4 Å². The summed E-state index contributed by atoms with van der Waals surface area (Å²) in [6.45, 7) is 7.57. The van der Waals surface area contributed by atoms with Crippen LogP contribution < -0.4 is 10.6 Å². The second kappa shape index (κ2) is 9.99. The number of thiazole rings is 1. The molecule has 0 bridgehead atoms. The SMILES string of the molecule is CCOCCNc1nc(C)c(-c2nc3c(C)nccc3s2)c(NC2CCC(C(F)F)C2)n1. The summed E-state index contributed by atoms with van der Waals surface area (Å²) in [7, 11) is 0. The van der Waals surface area contributed by atoms with Crippen LogP contribution in [0, 0.1) is 19.8 Å². The number of nitrogens with one attached hydrogen (secondary N) is 2. The zero-order valence-corrected chi connectivity index (χ0v) is 19.3. The van der Waals surface area contributed by atoms with Crippen molar-refractivity contribution in [1.29, 1.82) is 0 Å². The molecule has 7 nitrogen and oxygen atoms in total. The quantitative estimate of drug-likeness (QED) is 0.430. The van der Waals surface area contributed by atoms with E-state index in [0.29, 0.717) is 50.8 Å². The molecule has 3 aromatic rings. The molecule has 0 amide bonds. The van der Waals surface area contributed by atoms with E-state index in [2.05, 4.69) is 20.6 Å². The number of rotatable bonds is 9. The minimum absolute atomic E-state index is 0.0592. The maximum absolute atomic E-state index is 13.2. The molecule has 2 atom stereocenters. The first-order valence-corrected chi connectivity index (χ1v) is 11.7. The summed E-state index contributed by atoms with van der Waals surface area (Å²) in [6.07, 6.45) is 1.12. The van der Waals surface area contributed by atoms with Gasteiger partial charge in [-0.3, -0.25) is 4.98 Å². The number of fused-ring (bicyclic) bond motifs is 1. The van der Waals surface area contributed by atoms with Crippen LogP contribution in [0.2, 0.25) is 0 Å². The molecule has 0 aromatic carbocycles. The molecule has 1 saturated carbocycles. The monoisotopic (exact) mass is 462 g/mol. The van der Waals surface area contributed by atoms with E-state index in [1.807, 2.05) is 26.8 Å². The molecule has 2 N–H and O–H groups in total. The molecule has 1 aliphatic carbocycles. The second-order valence-electron chi connectivity index (χ2n) is 7.99. The third kappa shape index (κ3) is 4.96. The number of aryl methyl sites for hydroxylation is 2. The molecule has 32 heavy (non-hydrogen) atoms. The average molecular weight is 463 g/mol. The number of ether oxygens (including phenoxy) is 1. The second-order valence-corrected chi connectivity index (χ2v) is 9.02. The van der Waals surface area contributed by atoms with Crippen molar-refractivity contribution >= 4 is 33.3 Å². The highest BCUT2D eigenvalue weighted by Gasteiger charge is 2.32. The molecule has 3 aromatic heterocycles. The normalized spacial score (nSPS) is 18.6. The lowest BCUT2D eigenvalue weighted by Gasteiger charge is -2.18. The fourth-order valence-corrected chi connectivity index (χ4v) is 5.16. The number of hydrogen-bond acceptors (Lipinski definition) is 8. The minimum atomic E-state index is -2.29. The number of alkyl halides is 2. The summed E-state index contributed by atoms with van der Waals surface area (Å²) in [5.74, 6) is 0.538. The highest BCUT2D eigenvalue weighted by Crippen LogP contribution is 2.39. The van der Waals surface area contributed by atoms with Gasteiger partial charge in [-0.1, -0.05) is 0 Å². The van der Waals surface area contributed by atoms with E-state index in [9.17, 15) is 8.78 Å². The lowest BCUT2D eigenvalue weighted by atomic mass is 10.1. The van der Waals surface area contributed by atoms with Crippen molar-refractivity contribution in [3.05, 3.63) is 23.7 Å². The van der Waals surface area contributed by atoms with Crippen molar-refractivity contribution in [2.75, 3.05) is 30.4 Å². The number of aromatic nitrogens is 4. The number of nitrogens with zero attached hydrogens (tertiary/aromatic N) is 4. The Morgan fingerprint density at radius 3 is 2.75 bits per heavy atom. The van der Waals surface area contributed by atoms with Gasteiger partial charge in [-0.25, -0.2) is 18.7 Å². The van der Waals surface area contributed by atoms with E-state index in [4.69, 9.17) is 14.7 Å². The molecule has 0 spiro atoms. The molecule has 0 radical (unpaired) electrons. The molecule has 2 unspecified atom stereocenters. The van der Waals surface area contributed by atoms with Gasteiger partial charge in [-0.2, -0.15) is 4.98 Å². The smallest absolute Gasteiger partial charge is 0.241 e. The first-order chi connectivity index (χ1) is 15.5. The molecule has 1 fully saturated rings. The first kappa shape index (κ1) is 22.7. The number of hydrogen-bond donors (Lipinski definition) is 2. The molecule has 0 saturated heterocycles. The summed E-state index contributed by atoms with van der Waals surface area (Å²) in [4.78, 5) is 18.5. The largest absolute Gasteiger partial charge is 0.380 e. The van der Waals surface area contributed by atoms with Gasteiger partial charge in [-0.05, 0) is 46.1 Å². The molecule has 10 heteroatoms. The van der Waals surface area contributed by atoms with E-state index in [-0.39, 0.29) is 6.04 Å². The highest BCUT2D eigenvalue weighted by atomic mass is 32.1. The average Bonchev–Trinajstić information content (AvgIpc) is 3.39. The molecule has 1 aliphatic rings. The summed E-state index contributed by atoms with van der Waals surface area (Å²) >= 11 is 1.56. The number of halogens is 2. The fraction of sp³-hybridized carbons (Fsp3) is 0.545. The van der Waals surface area contributed by atoms with Crippen LogP contribution in [-0.4, -0.2) is 52.2 Å². The van der Waals surface area contributed by atoms with Crippen LogP contribution in [0.4, 0.5) is 20.5 Å². The van der Waals surface area contributed by atoms with E-state index in [0.717, 1.165) is 32.2 Å². The van der Waals surface area contributed by atoms with Gasteiger partial charge >= 0.3 is 0 Å². The third-order valence-corrected chi connectivity index (χ3v) is 6.74. The van der Waals surface area contributed by atoms with Crippen molar-refractivity contribution in [2.24, 2.45) is 5.92 Å². The Kier molecular flexibility index (Phi) is 7.10.